The van der Waals surface area contributed by atoms with Gasteiger partial charge in [-0.2, -0.15) is 0 Å². The number of amides is 1. The lowest BCUT2D eigenvalue weighted by Crippen LogP contribution is -2.26. The predicted molar refractivity (Wildman–Crippen MR) is 72.2 cm³/mol. The number of nitrogens with two attached hydrogens (primary N) is 1. The number of carbonyl (C=O) groups excluding carboxylic acids is 1. The lowest BCUT2D eigenvalue weighted by molar-refractivity contribution is -0.119. The van der Waals surface area contributed by atoms with Crippen LogP contribution in [0.3, 0.4) is 0 Å². The lowest BCUT2D eigenvalue weighted by atomic mass is 10.1. The van der Waals surface area contributed by atoms with Gasteiger partial charge in [-0.05, 0) is 25.1 Å². The number of carbonyl (C=O) groups is 1. The van der Waals surface area contributed by atoms with Gasteiger partial charge in [0.15, 0.2) is 0 Å². The molecule has 1 rings (SSSR count). The maximum Gasteiger partial charge on any atom is 0.228 e. The summed E-state index contributed by atoms with van der Waals surface area (Å²) in [6, 6.07) is 5.50. The Morgan fingerprint density at radius 3 is 2.88 bits per heavy atom. The highest BCUT2D eigenvalue weighted by molar-refractivity contribution is 9.10. The van der Waals surface area contributed by atoms with Gasteiger partial charge in [0.25, 0.3) is 0 Å². The number of ether oxygens (including phenoxy) is 1. The molecule has 1 aromatic rings. The summed E-state index contributed by atoms with van der Waals surface area (Å²) in [6.45, 7) is 4.56. The van der Waals surface area contributed by atoms with E-state index in [2.05, 4.69) is 21.2 Å². The Morgan fingerprint density at radius 1 is 1.59 bits per heavy atom. The van der Waals surface area contributed by atoms with E-state index in [4.69, 9.17) is 10.5 Å². The molecule has 94 valence electrons. The predicted octanol–water partition coefficient (Wildman–Crippen LogP) is 2.38. The molecule has 5 heteroatoms. The molecule has 3 N–H and O–H groups in total. The Labute approximate surface area is 110 Å². The molecule has 0 bridgehead atoms. The minimum atomic E-state index is -0.219. The van der Waals surface area contributed by atoms with Crippen LogP contribution < -0.4 is 15.8 Å². The summed E-state index contributed by atoms with van der Waals surface area (Å²) in [7, 11) is 0. The zero-order valence-electron chi connectivity index (χ0n) is 10.00. The van der Waals surface area contributed by atoms with Crippen LogP contribution in [0.5, 0.6) is 5.75 Å². The van der Waals surface area contributed by atoms with Gasteiger partial charge < -0.3 is 15.8 Å². The first-order valence-corrected chi connectivity index (χ1v) is 6.31. The summed E-state index contributed by atoms with van der Waals surface area (Å²) < 4.78 is 6.33. The molecule has 0 aromatic heterocycles. The van der Waals surface area contributed by atoms with E-state index in [1.165, 1.54) is 0 Å². The molecule has 1 aromatic carbocycles. The van der Waals surface area contributed by atoms with Crippen molar-refractivity contribution in [2.45, 2.75) is 13.8 Å². The van der Waals surface area contributed by atoms with Gasteiger partial charge in [0, 0.05) is 16.9 Å². The third-order valence-electron chi connectivity index (χ3n) is 2.30. The van der Waals surface area contributed by atoms with Crippen LogP contribution in [0.25, 0.3) is 0 Å². The van der Waals surface area contributed by atoms with Crippen LogP contribution in [0.15, 0.2) is 22.7 Å². The molecule has 1 atom stereocenters. The van der Waals surface area contributed by atoms with Gasteiger partial charge in [-0.1, -0.05) is 22.9 Å². The van der Waals surface area contributed by atoms with Crippen molar-refractivity contribution in [2.75, 3.05) is 18.5 Å². The quantitative estimate of drug-likeness (QED) is 0.877. The largest absolute Gasteiger partial charge is 0.492 e. The summed E-state index contributed by atoms with van der Waals surface area (Å²) in [5.74, 6) is 0.336. The van der Waals surface area contributed by atoms with Gasteiger partial charge in [-0.25, -0.2) is 0 Å². The van der Waals surface area contributed by atoms with E-state index in [9.17, 15) is 4.79 Å². The number of hydrogen-bond donors (Lipinski definition) is 2. The molecule has 0 aliphatic heterocycles. The molecule has 0 radical (unpaired) electrons. The van der Waals surface area contributed by atoms with Crippen LogP contribution in [0.2, 0.25) is 0 Å². The summed E-state index contributed by atoms with van der Waals surface area (Å²) in [4.78, 5) is 11.7. The smallest absolute Gasteiger partial charge is 0.228 e. The van der Waals surface area contributed by atoms with E-state index >= 15 is 0 Å². The molecule has 0 saturated heterocycles. The van der Waals surface area contributed by atoms with Gasteiger partial charge >= 0.3 is 0 Å². The zero-order valence-corrected chi connectivity index (χ0v) is 11.6. The van der Waals surface area contributed by atoms with E-state index in [-0.39, 0.29) is 11.8 Å². The minimum absolute atomic E-state index is 0.105. The molecule has 0 fully saturated rings. The fourth-order valence-electron chi connectivity index (χ4n) is 1.24. The van der Waals surface area contributed by atoms with Crippen molar-refractivity contribution in [1.29, 1.82) is 0 Å². The molecule has 0 aliphatic rings. The second-order valence-electron chi connectivity index (χ2n) is 3.70. The van der Waals surface area contributed by atoms with Crippen molar-refractivity contribution < 1.29 is 9.53 Å². The van der Waals surface area contributed by atoms with Gasteiger partial charge in [0.05, 0.1) is 12.3 Å². The third-order valence-corrected chi connectivity index (χ3v) is 2.79. The molecular weight excluding hydrogens is 284 g/mol. The normalized spacial score (nSPS) is 12.0. The van der Waals surface area contributed by atoms with Gasteiger partial charge in [-0.15, -0.1) is 0 Å². The monoisotopic (exact) mass is 300 g/mol. The summed E-state index contributed by atoms with van der Waals surface area (Å²) in [5, 5.41) is 2.81. The molecule has 0 aliphatic carbocycles. The highest BCUT2D eigenvalue weighted by Gasteiger charge is 2.13. The zero-order chi connectivity index (χ0) is 12.8. The van der Waals surface area contributed by atoms with Crippen LogP contribution >= 0.6 is 15.9 Å². The molecule has 0 saturated carbocycles. The first kappa shape index (κ1) is 14.0. The molecule has 0 heterocycles. The minimum Gasteiger partial charge on any atom is -0.492 e. The van der Waals surface area contributed by atoms with Crippen LogP contribution in [-0.4, -0.2) is 19.1 Å². The Kier molecular flexibility index (Phi) is 5.44. The highest BCUT2D eigenvalue weighted by Crippen LogP contribution is 2.28. The highest BCUT2D eigenvalue weighted by atomic mass is 79.9. The average molecular weight is 301 g/mol. The topological polar surface area (TPSA) is 64.3 Å². The van der Waals surface area contributed by atoms with Gasteiger partial charge in [-0.3, -0.25) is 4.79 Å². The summed E-state index contributed by atoms with van der Waals surface area (Å²) >= 11 is 3.36. The van der Waals surface area contributed by atoms with Crippen molar-refractivity contribution in [3.05, 3.63) is 22.7 Å². The number of benzene rings is 1. The maximum absolute atomic E-state index is 11.7. The molecular formula is C12H17BrN2O2. The van der Waals surface area contributed by atoms with Gasteiger partial charge in [0.2, 0.25) is 5.91 Å². The summed E-state index contributed by atoms with van der Waals surface area (Å²) in [6.07, 6.45) is 0. The van der Waals surface area contributed by atoms with Crippen LogP contribution in [0, 0.1) is 5.92 Å². The number of nitrogens with one attached hydrogen (secondary N) is 1. The van der Waals surface area contributed by atoms with E-state index in [1.807, 2.05) is 25.1 Å². The molecule has 0 spiro atoms. The summed E-state index contributed by atoms with van der Waals surface area (Å²) in [5.41, 5.74) is 6.11. The number of anilines is 1. The lowest BCUT2D eigenvalue weighted by Gasteiger charge is -2.14. The fourth-order valence-corrected chi connectivity index (χ4v) is 1.61. The van der Waals surface area contributed by atoms with Crippen LogP contribution in [0.1, 0.15) is 13.8 Å². The first-order valence-electron chi connectivity index (χ1n) is 5.51. The molecule has 1 unspecified atom stereocenters. The van der Waals surface area contributed by atoms with Crippen molar-refractivity contribution in [3.63, 3.8) is 0 Å². The molecule has 1 amide bonds. The van der Waals surface area contributed by atoms with Crippen LogP contribution in [0.4, 0.5) is 5.69 Å². The Morgan fingerprint density at radius 2 is 2.29 bits per heavy atom. The first-order chi connectivity index (χ1) is 8.08. The van der Waals surface area contributed by atoms with Crippen molar-refractivity contribution in [2.24, 2.45) is 11.7 Å². The standard InChI is InChI=1S/C12H17BrN2O2/c1-3-17-11-5-4-9(13)6-10(11)15-12(16)8(2)7-14/h4-6,8H,3,7,14H2,1-2H3,(H,15,16). The van der Waals surface area contributed by atoms with E-state index < -0.39 is 0 Å². The second kappa shape index (κ2) is 6.61. The SMILES string of the molecule is CCOc1ccc(Br)cc1NC(=O)C(C)CN. The second-order valence-corrected chi connectivity index (χ2v) is 4.62. The Balaban J connectivity index is 2.87. The molecule has 4 nitrogen and oxygen atoms in total. The Bertz CT molecular complexity index is 396. The fraction of sp³-hybridized carbons (Fsp3) is 0.417. The van der Waals surface area contributed by atoms with Crippen LogP contribution in [-0.2, 0) is 4.79 Å². The third kappa shape index (κ3) is 4.02. The van der Waals surface area contributed by atoms with E-state index in [0.29, 0.717) is 24.6 Å². The van der Waals surface area contributed by atoms with Crippen molar-refractivity contribution in [3.8, 4) is 5.75 Å². The maximum atomic E-state index is 11.7. The van der Waals surface area contributed by atoms with Crippen molar-refractivity contribution >= 4 is 27.5 Å². The van der Waals surface area contributed by atoms with Gasteiger partial charge in [0.1, 0.15) is 5.75 Å². The van der Waals surface area contributed by atoms with Crippen molar-refractivity contribution in [1.82, 2.24) is 0 Å². The van der Waals surface area contributed by atoms with E-state index in [1.54, 1.807) is 6.92 Å². The van der Waals surface area contributed by atoms with E-state index in [0.717, 1.165) is 4.47 Å². The molecule has 17 heavy (non-hydrogen) atoms. The number of hydrogen-bond acceptors (Lipinski definition) is 3. The number of rotatable bonds is 5. The number of halogens is 1. The average Bonchev–Trinajstić information content (AvgIpc) is 2.31. The Hall–Kier alpha value is -1.07.